The minimum Gasteiger partial charge on any atom is -0.480 e. The molecule has 1 aliphatic rings. The van der Waals surface area contributed by atoms with Gasteiger partial charge in [-0.2, -0.15) is 5.10 Å². The molecule has 2 N–H and O–H groups in total. The molecule has 1 heterocycles. The van der Waals surface area contributed by atoms with Crippen molar-refractivity contribution in [2.75, 3.05) is 0 Å². The highest BCUT2D eigenvalue weighted by atomic mass is 16.4. The monoisotopic (exact) mass is 279 g/mol. The van der Waals surface area contributed by atoms with Crippen LogP contribution in [0, 0.1) is 0 Å². The zero-order chi connectivity index (χ0) is 15.1. The van der Waals surface area contributed by atoms with Gasteiger partial charge in [-0.15, -0.1) is 0 Å². The molecule has 0 spiro atoms. The van der Waals surface area contributed by atoms with E-state index in [4.69, 9.17) is 5.11 Å². The molecule has 0 unspecified atom stereocenters. The molecule has 20 heavy (non-hydrogen) atoms. The average molecular weight is 279 g/mol. The number of nitrogens with one attached hydrogen (secondary N) is 1. The Kier molecular flexibility index (Phi) is 3.58. The molecule has 1 atom stereocenters. The number of carboxylic acids is 1. The van der Waals surface area contributed by atoms with Gasteiger partial charge in [0.15, 0.2) is 0 Å². The molecule has 0 aliphatic heterocycles. The van der Waals surface area contributed by atoms with Crippen LogP contribution in [0.1, 0.15) is 62.6 Å². The van der Waals surface area contributed by atoms with Crippen LogP contribution in [0.3, 0.4) is 0 Å². The maximum Gasteiger partial charge on any atom is 0.325 e. The Morgan fingerprint density at radius 1 is 1.45 bits per heavy atom. The maximum absolute atomic E-state index is 12.0. The topological polar surface area (TPSA) is 84.2 Å². The number of aromatic nitrogens is 2. The number of rotatable bonds is 4. The van der Waals surface area contributed by atoms with E-state index in [1.165, 1.54) is 6.92 Å². The molecule has 6 heteroatoms. The number of hydrogen-bond acceptors (Lipinski definition) is 3. The largest absolute Gasteiger partial charge is 0.480 e. The van der Waals surface area contributed by atoms with E-state index in [1.807, 2.05) is 25.5 Å². The van der Waals surface area contributed by atoms with Gasteiger partial charge in [0.05, 0.1) is 5.54 Å². The zero-order valence-corrected chi connectivity index (χ0v) is 12.3. The number of carbonyl (C=O) groups is 2. The van der Waals surface area contributed by atoms with Crippen LogP contribution in [-0.2, 0) is 10.3 Å². The standard InChI is InChI=1S/C14H21N3O3/c1-8(13(19)20)15-12(18)10-7-11(9-5-6-9)17(16-10)14(2,3)4/h7-9H,5-6H2,1-4H3,(H,15,18)(H,19,20)/t8-/m1/s1. The minimum absolute atomic E-state index is 0.200. The predicted octanol–water partition coefficient (Wildman–Crippen LogP) is 1.72. The van der Waals surface area contributed by atoms with E-state index >= 15 is 0 Å². The quantitative estimate of drug-likeness (QED) is 0.879. The molecule has 0 radical (unpaired) electrons. The molecule has 0 aromatic carbocycles. The second kappa shape index (κ2) is 4.92. The van der Waals surface area contributed by atoms with Gasteiger partial charge in [-0.3, -0.25) is 14.3 Å². The summed E-state index contributed by atoms with van der Waals surface area (Å²) in [6.07, 6.45) is 2.24. The summed E-state index contributed by atoms with van der Waals surface area (Å²) in [5.74, 6) is -1.03. The Balaban J connectivity index is 2.25. The van der Waals surface area contributed by atoms with Crippen molar-refractivity contribution in [3.8, 4) is 0 Å². The molecule has 1 aromatic rings. The Morgan fingerprint density at radius 3 is 2.50 bits per heavy atom. The first-order valence-electron chi connectivity index (χ1n) is 6.84. The highest BCUT2D eigenvalue weighted by Crippen LogP contribution is 2.41. The maximum atomic E-state index is 12.0. The second-order valence-electron chi connectivity index (χ2n) is 6.34. The number of hydrogen-bond donors (Lipinski definition) is 2. The number of amides is 1. The average Bonchev–Trinajstić information content (AvgIpc) is 3.05. The van der Waals surface area contributed by atoms with Crippen LogP contribution in [0.2, 0.25) is 0 Å². The fraction of sp³-hybridized carbons (Fsp3) is 0.643. The first kappa shape index (κ1) is 14.6. The van der Waals surface area contributed by atoms with Crippen molar-refractivity contribution in [1.29, 1.82) is 0 Å². The molecule has 0 saturated heterocycles. The zero-order valence-electron chi connectivity index (χ0n) is 12.3. The molecular weight excluding hydrogens is 258 g/mol. The van der Waals surface area contributed by atoms with Crippen molar-refractivity contribution < 1.29 is 14.7 Å². The summed E-state index contributed by atoms with van der Waals surface area (Å²) >= 11 is 0. The number of aliphatic carboxylic acids is 1. The lowest BCUT2D eigenvalue weighted by Gasteiger charge is -2.22. The van der Waals surface area contributed by atoms with Crippen LogP contribution in [0.25, 0.3) is 0 Å². The lowest BCUT2D eigenvalue weighted by Crippen LogP contribution is -2.38. The van der Waals surface area contributed by atoms with E-state index in [1.54, 1.807) is 6.07 Å². The third-order valence-corrected chi connectivity index (χ3v) is 3.32. The van der Waals surface area contributed by atoms with Crippen molar-refractivity contribution in [3.63, 3.8) is 0 Å². The molecule has 1 aliphatic carbocycles. The highest BCUT2D eigenvalue weighted by molar-refractivity contribution is 5.95. The van der Waals surface area contributed by atoms with Gasteiger partial charge in [-0.25, -0.2) is 0 Å². The van der Waals surface area contributed by atoms with E-state index in [9.17, 15) is 9.59 Å². The van der Waals surface area contributed by atoms with Crippen molar-refractivity contribution in [3.05, 3.63) is 17.5 Å². The summed E-state index contributed by atoms with van der Waals surface area (Å²) in [6.45, 7) is 7.54. The second-order valence-corrected chi connectivity index (χ2v) is 6.34. The van der Waals surface area contributed by atoms with Gasteiger partial charge in [-0.05, 0) is 46.6 Å². The summed E-state index contributed by atoms with van der Waals surface area (Å²) in [7, 11) is 0. The normalized spacial score (nSPS) is 16.8. The van der Waals surface area contributed by atoms with Crippen molar-refractivity contribution in [2.45, 2.75) is 58.0 Å². The summed E-state index contributed by atoms with van der Waals surface area (Å²) in [5, 5.41) is 15.6. The van der Waals surface area contributed by atoms with Gasteiger partial charge < -0.3 is 10.4 Å². The van der Waals surface area contributed by atoms with E-state index < -0.39 is 17.9 Å². The van der Waals surface area contributed by atoms with Crippen LogP contribution < -0.4 is 5.32 Å². The SMILES string of the molecule is C[C@@H](NC(=O)c1cc(C2CC2)n(C(C)(C)C)n1)C(=O)O. The predicted molar refractivity (Wildman–Crippen MR) is 73.8 cm³/mol. The molecule has 6 nitrogen and oxygen atoms in total. The molecular formula is C14H21N3O3. The van der Waals surface area contributed by atoms with Gasteiger partial charge in [0, 0.05) is 11.6 Å². The van der Waals surface area contributed by atoms with Crippen LogP contribution in [-0.4, -0.2) is 32.8 Å². The molecule has 110 valence electrons. The van der Waals surface area contributed by atoms with E-state index in [0.717, 1.165) is 18.5 Å². The fourth-order valence-corrected chi connectivity index (χ4v) is 2.05. The third-order valence-electron chi connectivity index (χ3n) is 3.32. The van der Waals surface area contributed by atoms with Crippen molar-refractivity contribution in [2.24, 2.45) is 0 Å². The van der Waals surface area contributed by atoms with Gasteiger partial charge in [-0.1, -0.05) is 0 Å². The van der Waals surface area contributed by atoms with E-state index in [2.05, 4.69) is 10.4 Å². The highest BCUT2D eigenvalue weighted by Gasteiger charge is 2.32. The molecule has 1 saturated carbocycles. The Hall–Kier alpha value is -1.85. The van der Waals surface area contributed by atoms with E-state index in [0.29, 0.717) is 5.92 Å². The molecule has 1 aromatic heterocycles. The Bertz CT molecular complexity index is 538. The van der Waals surface area contributed by atoms with Crippen molar-refractivity contribution in [1.82, 2.24) is 15.1 Å². The summed E-state index contributed by atoms with van der Waals surface area (Å²) in [6, 6.07) is 0.860. The number of nitrogens with zero attached hydrogens (tertiary/aromatic N) is 2. The molecule has 0 bridgehead atoms. The lowest BCUT2D eigenvalue weighted by atomic mass is 10.1. The van der Waals surface area contributed by atoms with E-state index in [-0.39, 0.29) is 11.2 Å². The number of carboxylic acid groups (broad SMARTS) is 1. The van der Waals surface area contributed by atoms with Crippen molar-refractivity contribution >= 4 is 11.9 Å². The van der Waals surface area contributed by atoms with Gasteiger partial charge in [0.1, 0.15) is 11.7 Å². The fourth-order valence-electron chi connectivity index (χ4n) is 2.05. The van der Waals surface area contributed by atoms with Crippen LogP contribution in [0.4, 0.5) is 0 Å². The Labute approximate surface area is 118 Å². The van der Waals surface area contributed by atoms with Gasteiger partial charge >= 0.3 is 5.97 Å². The smallest absolute Gasteiger partial charge is 0.325 e. The molecule has 1 amide bonds. The van der Waals surface area contributed by atoms with Crippen LogP contribution >= 0.6 is 0 Å². The van der Waals surface area contributed by atoms with Crippen LogP contribution in [0.15, 0.2) is 6.07 Å². The number of carbonyl (C=O) groups excluding carboxylic acids is 1. The first-order chi connectivity index (χ1) is 9.20. The summed E-state index contributed by atoms with van der Waals surface area (Å²) < 4.78 is 1.88. The Morgan fingerprint density at radius 2 is 2.05 bits per heavy atom. The minimum atomic E-state index is -1.06. The van der Waals surface area contributed by atoms with Gasteiger partial charge in [0.25, 0.3) is 5.91 Å². The molecule has 2 rings (SSSR count). The van der Waals surface area contributed by atoms with Gasteiger partial charge in [0.2, 0.25) is 0 Å². The molecule has 1 fully saturated rings. The first-order valence-corrected chi connectivity index (χ1v) is 6.84. The summed E-state index contributed by atoms with van der Waals surface area (Å²) in [5.41, 5.74) is 1.15. The van der Waals surface area contributed by atoms with Crippen LogP contribution in [0.5, 0.6) is 0 Å². The third kappa shape index (κ3) is 3.00. The lowest BCUT2D eigenvalue weighted by molar-refractivity contribution is -0.138. The summed E-state index contributed by atoms with van der Waals surface area (Å²) in [4.78, 5) is 22.8.